The molecule has 1 aliphatic heterocycles. The summed E-state index contributed by atoms with van der Waals surface area (Å²) in [5.74, 6) is -1.41. The number of benzene rings is 2. The molecule has 0 saturated carbocycles. The summed E-state index contributed by atoms with van der Waals surface area (Å²) in [4.78, 5) is 40.4. The molecule has 0 spiro atoms. The van der Waals surface area contributed by atoms with E-state index in [2.05, 4.69) is 0 Å². The Morgan fingerprint density at radius 3 is 2.44 bits per heavy atom. The molecule has 0 radical (unpaired) electrons. The molecular weight excluding hydrogens is 503 g/mol. The quantitative estimate of drug-likeness (QED) is 0.326. The largest absolute Gasteiger partial charge is 0.465 e. The van der Waals surface area contributed by atoms with Gasteiger partial charge in [-0.15, -0.1) is 0 Å². The van der Waals surface area contributed by atoms with Crippen LogP contribution in [0.15, 0.2) is 36.4 Å². The minimum atomic E-state index is -4.88. The highest BCUT2D eigenvalue weighted by molar-refractivity contribution is 6.32. The lowest BCUT2D eigenvalue weighted by Gasteiger charge is -2.28. The molecule has 3 amide bonds. The number of anilines is 2. The SMILES string of the molecule is CC1(C)C(=O)N(c2ccc(C#N)c(C(F)(F)F)c2)C(=O)N1c1ccc(Cl)c(CC(=O)OCCCO)c1. The lowest BCUT2D eigenvalue weighted by atomic mass is 10.0. The van der Waals surface area contributed by atoms with Crippen LogP contribution in [0.1, 0.15) is 37.0 Å². The molecule has 0 bridgehead atoms. The van der Waals surface area contributed by atoms with Crippen molar-refractivity contribution in [1.29, 1.82) is 5.26 Å². The first-order chi connectivity index (χ1) is 16.8. The number of ether oxygens (including phenoxy) is 1. The molecule has 8 nitrogen and oxygen atoms in total. The summed E-state index contributed by atoms with van der Waals surface area (Å²) in [7, 11) is 0. The van der Waals surface area contributed by atoms with Gasteiger partial charge in [0.1, 0.15) is 5.54 Å². The van der Waals surface area contributed by atoms with Crippen LogP contribution < -0.4 is 9.80 Å². The van der Waals surface area contributed by atoms with Crippen LogP contribution in [0.5, 0.6) is 0 Å². The second-order valence-electron chi connectivity index (χ2n) is 8.41. The number of amides is 3. The Labute approximate surface area is 209 Å². The van der Waals surface area contributed by atoms with Crippen molar-refractivity contribution in [3.05, 3.63) is 58.1 Å². The van der Waals surface area contributed by atoms with E-state index in [9.17, 15) is 27.6 Å². The number of hydrogen-bond donors (Lipinski definition) is 1. The highest BCUT2D eigenvalue weighted by Crippen LogP contribution is 2.40. The highest BCUT2D eigenvalue weighted by atomic mass is 35.5. The van der Waals surface area contributed by atoms with E-state index in [0.717, 1.165) is 17.0 Å². The molecule has 190 valence electrons. The first-order valence-electron chi connectivity index (χ1n) is 10.7. The Hall–Kier alpha value is -3.62. The zero-order chi connectivity index (χ0) is 26.8. The number of carbonyl (C=O) groups excluding carboxylic acids is 3. The molecule has 0 aromatic heterocycles. The van der Waals surface area contributed by atoms with Crippen LogP contribution in [0.3, 0.4) is 0 Å². The van der Waals surface area contributed by atoms with E-state index in [-0.39, 0.29) is 42.5 Å². The number of alkyl halides is 3. The van der Waals surface area contributed by atoms with Gasteiger partial charge in [-0.25, -0.2) is 9.69 Å². The summed E-state index contributed by atoms with van der Waals surface area (Å²) >= 11 is 6.20. The van der Waals surface area contributed by atoms with E-state index in [0.29, 0.717) is 16.5 Å². The third-order valence-corrected chi connectivity index (χ3v) is 5.91. The van der Waals surface area contributed by atoms with Crippen LogP contribution in [0.25, 0.3) is 0 Å². The maximum Gasteiger partial charge on any atom is 0.417 e. The van der Waals surface area contributed by atoms with Gasteiger partial charge < -0.3 is 9.84 Å². The number of halogens is 4. The van der Waals surface area contributed by atoms with Crippen LogP contribution in [0, 0.1) is 11.3 Å². The van der Waals surface area contributed by atoms with E-state index in [1.54, 1.807) is 0 Å². The lowest BCUT2D eigenvalue weighted by Crippen LogP contribution is -2.44. The van der Waals surface area contributed by atoms with Crippen molar-refractivity contribution in [2.75, 3.05) is 23.0 Å². The third-order valence-electron chi connectivity index (χ3n) is 5.54. The molecule has 1 aliphatic rings. The molecule has 36 heavy (non-hydrogen) atoms. The molecule has 1 saturated heterocycles. The molecule has 2 aromatic rings. The van der Waals surface area contributed by atoms with Crippen LogP contribution >= 0.6 is 11.6 Å². The Balaban J connectivity index is 1.99. The van der Waals surface area contributed by atoms with Crippen molar-refractivity contribution in [2.24, 2.45) is 0 Å². The average Bonchev–Trinajstić information content (AvgIpc) is 2.98. The topological polar surface area (TPSA) is 111 Å². The number of hydrogen-bond acceptors (Lipinski definition) is 6. The first-order valence-corrected chi connectivity index (χ1v) is 11.1. The normalized spacial score (nSPS) is 15.3. The van der Waals surface area contributed by atoms with Crippen molar-refractivity contribution < 1.29 is 37.4 Å². The monoisotopic (exact) mass is 523 g/mol. The molecule has 3 rings (SSSR count). The number of nitrogens with zero attached hydrogens (tertiary/aromatic N) is 3. The third kappa shape index (κ3) is 5.15. The van der Waals surface area contributed by atoms with E-state index in [1.165, 1.54) is 38.1 Å². The molecule has 0 unspecified atom stereocenters. The molecule has 12 heteroatoms. The van der Waals surface area contributed by atoms with Gasteiger partial charge in [-0.3, -0.25) is 14.5 Å². The average molecular weight is 524 g/mol. The molecule has 1 fully saturated rings. The number of esters is 1. The van der Waals surface area contributed by atoms with Crippen molar-refractivity contribution >= 4 is 40.9 Å². The minimum absolute atomic E-state index is 0.0122. The predicted molar refractivity (Wildman–Crippen MR) is 123 cm³/mol. The Morgan fingerprint density at radius 1 is 1.17 bits per heavy atom. The molecule has 2 aromatic carbocycles. The summed E-state index contributed by atoms with van der Waals surface area (Å²) in [5, 5.41) is 18.0. The fourth-order valence-corrected chi connectivity index (χ4v) is 3.94. The van der Waals surface area contributed by atoms with E-state index in [4.69, 9.17) is 26.7 Å². The Bertz CT molecular complexity index is 1260. The number of carbonyl (C=O) groups is 3. The Kier molecular flexibility index (Phi) is 7.62. The number of urea groups is 1. The number of nitriles is 1. The lowest BCUT2D eigenvalue weighted by molar-refractivity contribution is -0.143. The van der Waals surface area contributed by atoms with Gasteiger partial charge >= 0.3 is 18.2 Å². The number of aliphatic hydroxyl groups excluding tert-OH is 1. The van der Waals surface area contributed by atoms with Gasteiger partial charge in [0.05, 0.1) is 35.9 Å². The van der Waals surface area contributed by atoms with E-state index < -0.39 is 40.7 Å². The zero-order valence-electron chi connectivity index (χ0n) is 19.2. The van der Waals surface area contributed by atoms with Crippen molar-refractivity contribution in [3.8, 4) is 6.07 Å². The van der Waals surface area contributed by atoms with Gasteiger partial charge in [0.2, 0.25) is 0 Å². The smallest absolute Gasteiger partial charge is 0.417 e. The molecular formula is C24H21ClF3N3O5. The van der Waals surface area contributed by atoms with Crippen molar-refractivity contribution in [2.45, 2.75) is 38.4 Å². The number of imide groups is 1. The summed E-state index contributed by atoms with van der Waals surface area (Å²) in [6.07, 6.45) is -4.86. The first kappa shape index (κ1) is 27.0. The van der Waals surface area contributed by atoms with Crippen LogP contribution in [0.4, 0.5) is 29.3 Å². The summed E-state index contributed by atoms with van der Waals surface area (Å²) in [6, 6.07) is 7.41. The predicted octanol–water partition coefficient (Wildman–Crippen LogP) is 4.45. The van der Waals surface area contributed by atoms with Gasteiger partial charge in [0.25, 0.3) is 5.91 Å². The van der Waals surface area contributed by atoms with Crippen molar-refractivity contribution in [1.82, 2.24) is 0 Å². The zero-order valence-corrected chi connectivity index (χ0v) is 20.0. The summed E-state index contributed by atoms with van der Waals surface area (Å²) in [6.45, 7) is 2.72. The van der Waals surface area contributed by atoms with Gasteiger partial charge in [-0.2, -0.15) is 18.4 Å². The second kappa shape index (κ2) is 10.2. The molecule has 1 N–H and O–H groups in total. The number of rotatable bonds is 7. The van der Waals surface area contributed by atoms with Crippen molar-refractivity contribution in [3.63, 3.8) is 0 Å². The van der Waals surface area contributed by atoms with E-state index >= 15 is 0 Å². The molecule has 0 aliphatic carbocycles. The van der Waals surface area contributed by atoms with Crippen LogP contribution in [0.2, 0.25) is 5.02 Å². The van der Waals surface area contributed by atoms with Gasteiger partial charge in [0.15, 0.2) is 0 Å². The molecule has 1 heterocycles. The fraction of sp³-hybridized carbons (Fsp3) is 0.333. The minimum Gasteiger partial charge on any atom is -0.465 e. The van der Waals surface area contributed by atoms with E-state index in [1.807, 2.05) is 0 Å². The van der Waals surface area contributed by atoms with Gasteiger partial charge in [0, 0.05) is 23.7 Å². The highest BCUT2D eigenvalue weighted by Gasteiger charge is 2.53. The maximum absolute atomic E-state index is 13.5. The summed E-state index contributed by atoms with van der Waals surface area (Å²) in [5.41, 5.74) is -3.27. The number of aliphatic hydroxyl groups is 1. The van der Waals surface area contributed by atoms with Gasteiger partial charge in [-0.05, 0) is 55.8 Å². The molecule has 0 atom stereocenters. The van der Waals surface area contributed by atoms with Crippen LogP contribution in [-0.2, 0) is 26.9 Å². The second-order valence-corrected chi connectivity index (χ2v) is 8.81. The fourth-order valence-electron chi connectivity index (χ4n) is 3.75. The Morgan fingerprint density at radius 2 is 1.83 bits per heavy atom. The maximum atomic E-state index is 13.5. The van der Waals surface area contributed by atoms with Crippen LogP contribution in [-0.4, -0.2) is 41.8 Å². The summed E-state index contributed by atoms with van der Waals surface area (Å²) < 4.78 is 45.4. The standard InChI is InChI=1S/C24H21ClF3N3O5/c1-23(2)21(34)30(16-5-4-14(13-29)18(12-16)24(26,27)28)22(35)31(23)17-6-7-19(25)15(10-17)11-20(33)36-9-3-8-32/h4-7,10,12,32H,3,8-9,11H2,1-2H3. The van der Waals surface area contributed by atoms with Gasteiger partial charge in [-0.1, -0.05) is 11.6 Å².